The molecule has 1 aliphatic rings. The monoisotopic (exact) mass is 293 g/mol. The minimum Gasteiger partial charge on any atom is -0.383 e. The van der Waals surface area contributed by atoms with E-state index >= 15 is 0 Å². The van der Waals surface area contributed by atoms with Crippen molar-refractivity contribution < 1.29 is 9.53 Å². The van der Waals surface area contributed by atoms with Crippen LogP contribution >= 0.6 is 0 Å². The van der Waals surface area contributed by atoms with Crippen molar-refractivity contribution in [1.82, 2.24) is 15.2 Å². The van der Waals surface area contributed by atoms with E-state index in [9.17, 15) is 4.79 Å². The molecule has 2 N–H and O–H groups in total. The molecule has 0 spiro atoms. The van der Waals surface area contributed by atoms with E-state index < -0.39 is 0 Å². The molecule has 5 nitrogen and oxygen atoms in total. The highest BCUT2D eigenvalue weighted by atomic mass is 16.5. The minimum atomic E-state index is 0.0331. The van der Waals surface area contributed by atoms with Crippen LogP contribution in [0.4, 0.5) is 0 Å². The smallest absolute Gasteiger partial charge is 0.240 e. The number of methoxy groups -OCH3 is 1. The van der Waals surface area contributed by atoms with Gasteiger partial charge in [-0.15, -0.1) is 0 Å². The molecule has 2 atom stereocenters. The van der Waals surface area contributed by atoms with Crippen LogP contribution in [0.25, 0.3) is 0 Å². The molecule has 2 rings (SSSR count). The van der Waals surface area contributed by atoms with Gasteiger partial charge in [0.05, 0.1) is 6.61 Å². The molecule has 0 saturated carbocycles. The van der Waals surface area contributed by atoms with Crippen molar-refractivity contribution in [2.24, 2.45) is 0 Å². The number of aromatic nitrogens is 1. The van der Waals surface area contributed by atoms with E-state index in [2.05, 4.69) is 23.0 Å². The maximum absolute atomic E-state index is 12.0. The average Bonchev–Trinajstić information content (AvgIpc) is 2.72. The van der Waals surface area contributed by atoms with Crippen LogP contribution in [0.1, 0.15) is 43.4 Å². The van der Waals surface area contributed by atoms with Crippen molar-refractivity contribution in [3.8, 4) is 0 Å². The molecule has 5 heteroatoms. The summed E-state index contributed by atoms with van der Waals surface area (Å²) in [7, 11) is 3.65. The van der Waals surface area contributed by atoms with Crippen LogP contribution in [0, 0.1) is 0 Å². The number of rotatable bonds is 6. The zero-order chi connectivity index (χ0) is 15.2. The Kier molecular flexibility index (Phi) is 5.82. The first-order valence-corrected chi connectivity index (χ1v) is 7.78. The SMILES string of the molecule is CNC1CCCCc2cn(CC(=O)NC(C)COC)cc21. The molecule has 1 heterocycles. The van der Waals surface area contributed by atoms with Gasteiger partial charge < -0.3 is 19.9 Å². The quantitative estimate of drug-likeness (QED) is 0.784. The van der Waals surface area contributed by atoms with Gasteiger partial charge >= 0.3 is 0 Å². The van der Waals surface area contributed by atoms with Crippen LogP contribution < -0.4 is 10.6 Å². The number of fused-ring (bicyclic) bond motifs is 1. The predicted molar refractivity (Wildman–Crippen MR) is 83.3 cm³/mol. The van der Waals surface area contributed by atoms with Crippen molar-refractivity contribution in [2.75, 3.05) is 20.8 Å². The topological polar surface area (TPSA) is 55.3 Å². The number of nitrogens with zero attached hydrogens (tertiary/aromatic N) is 1. The van der Waals surface area contributed by atoms with Crippen molar-refractivity contribution in [1.29, 1.82) is 0 Å². The fourth-order valence-corrected chi connectivity index (χ4v) is 3.08. The molecule has 118 valence electrons. The van der Waals surface area contributed by atoms with E-state index in [4.69, 9.17) is 4.74 Å². The second-order valence-corrected chi connectivity index (χ2v) is 5.92. The number of ether oxygens (including phenoxy) is 1. The Morgan fingerprint density at radius 2 is 2.29 bits per heavy atom. The summed E-state index contributed by atoms with van der Waals surface area (Å²) in [6.45, 7) is 2.86. The third kappa shape index (κ3) is 4.32. The lowest BCUT2D eigenvalue weighted by atomic mass is 10.1. The molecular weight excluding hydrogens is 266 g/mol. The van der Waals surface area contributed by atoms with Gasteiger partial charge in [-0.1, -0.05) is 6.42 Å². The van der Waals surface area contributed by atoms with Gasteiger partial charge in [-0.2, -0.15) is 0 Å². The number of amides is 1. The lowest BCUT2D eigenvalue weighted by Crippen LogP contribution is -2.37. The molecule has 1 aliphatic carbocycles. The first-order chi connectivity index (χ1) is 10.1. The van der Waals surface area contributed by atoms with E-state index in [0.717, 1.165) is 6.42 Å². The number of nitrogens with one attached hydrogen (secondary N) is 2. The zero-order valence-corrected chi connectivity index (χ0v) is 13.3. The predicted octanol–water partition coefficient (Wildman–Crippen LogP) is 1.63. The zero-order valence-electron chi connectivity index (χ0n) is 13.3. The van der Waals surface area contributed by atoms with Gasteiger partial charge in [-0.05, 0) is 44.4 Å². The van der Waals surface area contributed by atoms with Crippen LogP contribution in [-0.4, -0.2) is 37.3 Å². The van der Waals surface area contributed by atoms with E-state index in [1.54, 1.807) is 7.11 Å². The maximum atomic E-state index is 12.0. The molecule has 1 amide bonds. The molecule has 1 aromatic heterocycles. The molecular formula is C16H27N3O2. The number of carbonyl (C=O) groups excluding carboxylic acids is 1. The average molecular weight is 293 g/mol. The van der Waals surface area contributed by atoms with Crippen LogP contribution in [0.15, 0.2) is 12.4 Å². The fourth-order valence-electron chi connectivity index (χ4n) is 3.08. The van der Waals surface area contributed by atoms with Gasteiger partial charge in [-0.3, -0.25) is 4.79 Å². The highest BCUT2D eigenvalue weighted by molar-refractivity contribution is 5.76. The Bertz CT molecular complexity index is 470. The second kappa shape index (κ2) is 7.61. The third-order valence-electron chi connectivity index (χ3n) is 4.06. The summed E-state index contributed by atoms with van der Waals surface area (Å²) >= 11 is 0. The van der Waals surface area contributed by atoms with Crippen molar-refractivity contribution >= 4 is 5.91 Å². The summed E-state index contributed by atoms with van der Waals surface area (Å²) in [6.07, 6.45) is 9.03. The summed E-state index contributed by atoms with van der Waals surface area (Å²) in [6, 6.07) is 0.458. The molecule has 0 fully saturated rings. The normalized spacial score (nSPS) is 19.7. The first-order valence-electron chi connectivity index (χ1n) is 7.78. The second-order valence-electron chi connectivity index (χ2n) is 5.92. The molecule has 21 heavy (non-hydrogen) atoms. The lowest BCUT2D eigenvalue weighted by Gasteiger charge is -2.14. The maximum Gasteiger partial charge on any atom is 0.240 e. The number of hydrogen-bond acceptors (Lipinski definition) is 3. The summed E-state index contributed by atoms with van der Waals surface area (Å²) < 4.78 is 7.04. The van der Waals surface area contributed by atoms with Gasteiger partial charge in [-0.25, -0.2) is 0 Å². The van der Waals surface area contributed by atoms with Gasteiger partial charge in [0.1, 0.15) is 6.54 Å². The van der Waals surface area contributed by atoms with Gasteiger partial charge in [0.15, 0.2) is 0 Å². The number of hydrogen-bond donors (Lipinski definition) is 2. The Balaban J connectivity index is 2.00. The summed E-state index contributed by atoms with van der Waals surface area (Å²) in [5, 5.41) is 6.33. The summed E-state index contributed by atoms with van der Waals surface area (Å²) in [4.78, 5) is 12.0. The van der Waals surface area contributed by atoms with Crippen LogP contribution in [0.5, 0.6) is 0 Å². The Morgan fingerprint density at radius 3 is 3.00 bits per heavy atom. The van der Waals surface area contributed by atoms with E-state index in [0.29, 0.717) is 19.2 Å². The standard InChI is InChI=1S/C16H27N3O2/c1-12(11-21-3)18-16(20)10-19-8-13-6-4-5-7-15(17-2)14(13)9-19/h8-9,12,15,17H,4-7,10-11H2,1-3H3,(H,18,20). The molecule has 1 aromatic rings. The molecule has 0 radical (unpaired) electrons. The highest BCUT2D eigenvalue weighted by Gasteiger charge is 2.19. The number of carbonyl (C=O) groups is 1. The molecule has 0 aromatic carbocycles. The molecule has 0 bridgehead atoms. The van der Waals surface area contributed by atoms with Gasteiger partial charge in [0.2, 0.25) is 5.91 Å². The third-order valence-corrected chi connectivity index (χ3v) is 4.06. The molecule has 0 saturated heterocycles. The van der Waals surface area contributed by atoms with Gasteiger partial charge in [0, 0.05) is 31.6 Å². The Labute approximate surface area is 127 Å². The highest BCUT2D eigenvalue weighted by Crippen LogP contribution is 2.29. The first kappa shape index (κ1) is 16.0. The van der Waals surface area contributed by atoms with Crippen LogP contribution in [-0.2, 0) is 22.5 Å². The molecule has 2 unspecified atom stereocenters. The van der Waals surface area contributed by atoms with Crippen LogP contribution in [0.2, 0.25) is 0 Å². The summed E-state index contributed by atoms with van der Waals surface area (Å²) in [5.41, 5.74) is 2.73. The van der Waals surface area contributed by atoms with Crippen molar-refractivity contribution in [3.63, 3.8) is 0 Å². The lowest BCUT2D eigenvalue weighted by molar-refractivity contribution is -0.122. The Hall–Kier alpha value is -1.33. The number of aryl methyl sites for hydroxylation is 1. The minimum absolute atomic E-state index is 0.0331. The fraction of sp³-hybridized carbons (Fsp3) is 0.688. The van der Waals surface area contributed by atoms with E-state index in [1.807, 2.05) is 18.5 Å². The van der Waals surface area contributed by atoms with E-state index in [-0.39, 0.29) is 11.9 Å². The van der Waals surface area contributed by atoms with E-state index in [1.165, 1.54) is 30.4 Å². The van der Waals surface area contributed by atoms with Crippen LogP contribution in [0.3, 0.4) is 0 Å². The Morgan fingerprint density at radius 1 is 1.48 bits per heavy atom. The van der Waals surface area contributed by atoms with Crippen molar-refractivity contribution in [3.05, 3.63) is 23.5 Å². The van der Waals surface area contributed by atoms with Crippen molar-refractivity contribution in [2.45, 2.75) is 51.2 Å². The summed E-state index contributed by atoms with van der Waals surface area (Å²) in [5.74, 6) is 0.0331. The largest absolute Gasteiger partial charge is 0.383 e. The molecule has 0 aliphatic heterocycles. The van der Waals surface area contributed by atoms with Gasteiger partial charge in [0.25, 0.3) is 0 Å².